The molecule has 2 rings (SSSR count). The van der Waals surface area contributed by atoms with Crippen LogP contribution in [0.1, 0.15) is 18.4 Å². The third-order valence-electron chi connectivity index (χ3n) is 3.34. The fourth-order valence-corrected chi connectivity index (χ4v) is 2.65. The Morgan fingerprint density at radius 2 is 1.89 bits per heavy atom. The van der Waals surface area contributed by atoms with E-state index < -0.39 is 12.1 Å². The highest BCUT2D eigenvalue weighted by Gasteiger charge is 2.41. The number of hydrogen-bond donors (Lipinski definition) is 0. The van der Waals surface area contributed by atoms with Gasteiger partial charge in [-0.3, -0.25) is 0 Å². The largest absolute Gasteiger partial charge is 0.393 e. The molecule has 1 heterocycles. The number of anilines is 1. The van der Waals surface area contributed by atoms with Crippen molar-refractivity contribution in [2.75, 3.05) is 18.0 Å². The van der Waals surface area contributed by atoms with Gasteiger partial charge in [0.05, 0.1) is 5.92 Å². The number of alkyl halides is 4. The van der Waals surface area contributed by atoms with Gasteiger partial charge in [-0.05, 0) is 30.5 Å². The molecule has 1 aromatic rings. The Kier molecular flexibility index (Phi) is 4.20. The normalized spacial score (nSPS) is 21.1. The van der Waals surface area contributed by atoms with Crippen molar-refractivity contribution in [1.82, 2.24) is 0 Å². The van der Waals surface area contributed by atoms with Crippen molar-refractivity contribution in [2.24, 2.45) is 5.92 Å². The van der Waals surface area contributed by atoms with E-state index in [1.54, 1.807) is 0 Å². The van der Waals surface area contributed by atoms with Gasteiger partial charge < -0.3 is 4.90 Å². The Morgan fingerprint density at radius 3 is 2.44 bits per heavy atom. The number of rotatable bonds is 2. The highest BCUT2D eigenvalue weighted by Crippen LogP contribution is 2.34. The monoisotopic (exact) mass is 321 g/mol. The minimum atomic E-state index is -4.07. The van der Waals surface area contributed by atoms with Crippen molar-refractivity contribution in [2.45, 2.75) is 24.3 Å². The predicted molar refractivity (Wildman–Crippen MR) is 70.1 cm³/mol. The van der Waals surface area contributed by atoms with Crippen LogP contribution in [-0.2, 0) is 5.33 Å². The maximum absolute atomic E-state index is 12.7. The fourth-order valence-electron chi connectivity index (χ4n) is 2.27. The van der Waals surface area contributed by atoms with Crippen LogP contribution in [0.4, 0.5) is 18.9 Å². The van der Waals surface area contributed by atoms with E-state index in [2.05, 4.69) is 15.9 Å². The van der Waals surface area contributed by atoms with Crippen molar-refractivity contribution >= 4 is 21.6 Å². The first-order valence-electron chi connectivity index (χ1n) is 5.97. The zero-order chi connectivity index (χ0) is 13.2. The smallest absolute Gasteiger partial charge is 0.371 e. The summed E-state index contributed by atoms with van der Waals surface area (Å²) in [6, 6.07) is 7.69. The van der Waals surface area contributed by atoms with Crippen LogP contribution in [0.25, 0.3) is 0 Å². The molecule has 0 bridgehead atoms. The van der Waals surface area contributed by atoms with E-state index in [-0.39, 0.29) is 13.0 Å². The highest BCUT2D eigenvalue weighted by molar-refractivity contribution is 9.08. The summed E-state index contributed by atoms with van der Waals surface area (Å²) < 4.78 is 38.1. The van der Waals surface area contributed by atoms with E-state index in [1.807, 2.05) is 29.2 Å². The highest BCUT2D eigenvalue weighted by atomic mass is 79.9. The van der Waals surface area contributed by atoms with Gasteiger partial charge in [-0.25, -0.2) is 0 Å². The van der Waals surface area contributed by atoms with Crippen LogP contribution >= 0.6 is 15.9 Å². The van der Waals surface area contributed by atoms with E-state index in [4.69, 9.17) is 0 Å². The second-order valence-electron chi connectivity index (χ2n) is 4.63. The third-order valence-corrected chi connectivity index (χ3v) is 3.99. The van der Waals surface area contributed by atoms with Crippen LogP contribution in [0.3, 0.4) is 0 Å². The standard InChI is InChI=1S/C13H15BrF3N/c14-8-10-3-5-12(6-4-10)18-7-1-2-11(9-18)13(15,16)17/h3-6,11H,1-2,7-9H2. The van der Waals surface area contributed by atoms with Gasteiger partial charge in [0.15, 0.2) is 0 Å². The molecule has 1 saturated heterocycles. The molecule has 0 aliphatic carbocycles. The molecule has 1 unspecified atom stereocenters. The number of halogens is 4. The Hall–Kier alpha value is -0.710. The Balaban J connectivity index is 2.08. The van der Waals surface area contributed by atoms with E-state index in [0.717, 1.165) is 16.6 Å². The molecule has 1 nitrogen and oxygen atoms in total. The lowest BCUT2D eigenvalue weighted by Crippen LogP contribution is -2.41. The number of piperidine rings is 1. The third kappa shape index (κ3) is 3.19. The lowest BCUT2D eigenvalue weighted by atomic mass is 9.97. The molecule has 1 aliphatic rings. The van der Waals surface area contributed by atoms with Crippen molar-refractivity contribution in [3.8, 4) is 0 Å². The summed E-state index contributed by atoms with van der Waals surface area (Å²) in [6.45, 7) is 0.789. The van der Waals surface area contributed by atoms with Crippen molar-refractivity contribution in [1.29, 1.82) is 0 Å². The molecule has 0 saturated carbocycles. The second kappa shape index (κ2) is 5.51. The molecule has 18 heavy (non-hydrogen) atoms. The van der Waals surface area contributed by atoms with Gasteiger partial charge in [-0.2, -0.15) is 13.2 Å². The molecular weight excluding hydrogens is 307 g/mol. The fraction of sp³-hybridized carbons (Fsp3) is 0.538. The van der Waals surface area contributed by atoms with Gasteiger partial charge >= 0.3 is 6.18 Å². The van der Waals surface area contributed by atoms with Gasteiger partial charge in [-0.1, -0.05) is 28.1 Å². The van der Waals surface area contributed by atoms with Crippen molar-refractivity contribution < 1.29 is 13.2 Å². The Bertz CT molecular complexity index is 388. The second-order valence-corrected chi connectivity index (χ2v) is 5.19. The molecule has 5 heteroatoms. The molecule has 1 aliphatic heterocycles. The minimum Gasteiger partial charge on any atom is -0.371 e. The van der Waals surface area contributed by atoms with Crippen molar-refractivity contribution in [3.05, 3.63) is 29.8 Å². The first-order chi connectivity index (χ1) is 8.50. The summed E-state index contributed by atoms with van der Waals surface area (Å²) in [7, 11) is 0. The topological polar surface area (TPSA) is 3.24 Å². The van der Waals surface area contributed by atoms with Crippen LogP contribution in [0, 0.1) is 5.92 Å². The lowest BCUT2D eigenvalue weighted by Gasteiger charge is -2.35. The van der Waals surface area contributed by atoms with Gasteiger partial charge in [0.1, 0.15) is 0 Å². The summed E-state index contributed by atoms with van der Waals surface area (Å²) in [5, 5.41) is 0.762. The molecule has 0 radical (unpaired) electrons. The van der Waals surface area contributed by atoms with E-state index in [1.165, 1.54) is 0 Å². The molecule has 1 atom stereocenters. The quantitative estimate of drug-likeness (QED) is 0.731. The SMILES string of the molecule is FC(F)(F)C1CCCN(c2ccc(CBr)cc2)C1. The maximum atomic E-state index is 12.7. The first-order valence-corrected chi connectivity index (χ1v) is 7.09. The van der Waals surface area contributed by atoms with E-state index >= 15 is 0 Å². The average molecular weight is 322 g/mol. The van der Waals surface area contributed by atoms with Gasteiger partial charge in [-0.15, -0.1) is 0 Å². The van der Waals surface area contributed by atoms with Gasteiger partial charge in [0.2, 0.25) is 0 Å². The molecular formula is C13H15BrF3N. The summed E-state index contributed by atoms with van der Waals surface area (Å²) in [5.41, 5.74) is 2.01. The molecule has 0 amide bonds. The van der Waals surface area contributed by atoms with E-state index in [9.17, 15) is 13.2 Å². The van der Waals surface area contributed by atoms with Crippen LogP contribution in [0.15, 0.2) is 24.3 Å². The van der Waals surface area contributed by atoms with Crippen LogP contribution in [0.2, 0.25) is 0 Å². The summed E-state index contributed by atoms with van der Waals surface area (Å²) in [6.07, 6.45) is -3.22. The number of nitrogens with zero attached hydrogens (tertiary/aromatic N) is 1. The molecule has 100 valence electrons. The zero-order valence-corrected chi connectivity index (χ0v) is 11.5. The molecule has 1 fully saturated rings. The maximum Gasteiger partial charge on any atom is 0.393 e. The molecule has 1 aromatic carbocycles. The number of benzene rings is 1. The minimum absolute atomic E-state index is 0.0805. The van der Waals surface area contributed by atoms with E-state index in [0.29, 0.717) is 13.0 Å². The van der Waals surface area contributed by atoms with Crippen LogP contribution < -0.4 is 4.90 Å². The molecule has 0 aromatic heterocycles. The van der Waals surface area contributed by atoms with Gasteiger partial charge in [0.25, 0.3) is 0 Å². The molecule has 0 spiro atoms. The number of hydrogen-bond acceptors (Lipinski definition) is 1. The summed E-state index contributed by atoms with van der Waals surface area (Å²) in [4.78, 5) is 1.83. The van der Waals surface area contributed by atoms with Crippen LogP contribution in [0.5, 0.6) is 0 Å². The first kappa shape index (κ1) is 13.7. The lowest BCUT2D eigenvalue weighted by molar-refractivity contribution is -0.175. The Morgan fingerprint density at radius 1 is 1.22 bits per heavy atom. The predicted octanol–water partition coefficient (Wildman–Crippen LogP) is 4.36. The van der Waals surface area contributed by atoms with Crippen molar-refractivity contribution in [3.63, 3.8) is 0 Å². The summed E-state index contributed by atoms with van der Waals surface area (Å²) >= 11 is 3.35. The zero-order valence-electron chi connectivity index (χ0n) is 9.88. The average Bonchev–Trinajstić information content (AvgIpc) is 2.38. The molecule has 0 N–H and O–H groups in total. The summed E-state index contributed by atoms with van der Waals surface area (Å²) in [5.74, 6) is -1.19. The van der Waals surface area contributed by atoms with Gasteiger partial charge in [0, 0.05) is 24.1 Å². The Labute approximate surface area is 113 Å². The van der Waals surface area contributed by atoms with Crippen LogP contribution in [-0.4, -0.2) is 19.3 Å².